The highest BCUT2D eigenvalue weighted by Gasteiger charge is 2.19. The van der Waals surface area contributed by atoms with Crippen molar-refractivity contribution in [1.82, 2.24) is 15.5 Å². The van der Waals surface area contributed by atoms with Gasteiger partial charge < -0.3 is 25.4 Å². The summed E-state index contributed by atoms with van der Waals surface area (Å²) in [4.78, 5) is 6.73. The molecule has 0 radical (unpaired) electrons. The first-order chi connectivity index (χ1) is 12.6. The molecule has 28 heavy (non-hydrogen) atoms. The molecule has 162 valence electrons. The van der Waals surface area contributed by atoms with Crippen molar-refractivity contribution < 1.29 is 18.6 Å². The maximum absolute atomic E-state index is 12.2. The van der Waals surface area contributed by atoms with Crippen LogP contribution in [0.2, 0.25) is 0 Å². The largest absolute Gasteiger partial charge is 0.435 e. The van der Waals surface area contributed by atoms with Gasteiger partial charge >= 0.3 is 6.61 Å². The van der Waals surface area contributed by atoms with Crippen molar-refractivity contribution in [2.24, 2.45) is 10.4 Å². The van der Waals surface area contributed by atoms with E-state index in [4.69, 9.17) is 0 Å². The first-order valence-electron chi connectivity index (χ1n) is 9.02. The molecule has 0 fully saturated rings. The Hall–Kier alpha value is -1.20. The molecule has 0 aliphatic heterocycles. The monoisotopic (exact) mass is 514 g/mol. The second-order valence-electron chi connectivity index (χ2n) is 7.44. The fourth-order valence-corrected chi connectivity index (χ4v) is 2.72. The Labute approximate surface area is 183 Å². The van der Waals surface area contributed by atoms with Gasteiger partial charge in [0.05, 0.1) is 6.10 Å². The molecule has 3 N–H and O–H groups in total. The number of nitrogens with one attached hydrogen (secondary N) is 2. The van der Waals surface area contributed by atoms with Crippen LogP contribution >= 0.6 is 24.0 Å². The Bertz CT molecular complexity index is 584. The van der Waals surface area contributed by atoms with Gasteiger partial charge in [0.25, 0.3) is 0 Å². The van der Waals surface area contributed by atoms with E-state index in [1.54, 1.807) is 12.1 Å². The number of hydrogen-bond acceptors (Lipinski definition) is 4. The van der Waals surface area contributed by atoms with Gasteiger partial charge in [0.2, 0.25) is 0 Å². The quantitative estimate of drug-likeness (QED) is 0.255. The van der Waals surface area contributed by atoms with Crippen molar-refractivity contribution in [3.63, 3.8) is 0 Å². The van der Waals surface area contributed by atoms with Crippen LogP contribution < -0.4 is 15.4 Å². The van der Waals surface area contributed by atoms with Gasteiger partial charge in [-0.2, -0.15) is 8.78 Å². The van der Waals surface area contributed by atoms with Crippen molar-refractivity contribution in [2.45, 2.75) is 33.5 Å². The lowest BCUT2D eigenvalue weighted by molar-refractivity contribution is -0.0498. The highest BCUT2D eigenvalue weighted by Crippen LogP contribution is 2.19. The molecule has 6 nitrogen and oxygen atoms in total. The highest BCUT2D eigenvalue weighted by molar-refractivity contribution is 14.0. The summed E-state index contributed by atoms with van der Waals surface area (Å²) >= 11 is 0. The standard InChI is InChI=1S/C19H32F2N4O2.HI/c1-6-22-18(24-12-19(2,3)13-25(4)5)23-11-16(26)14-7-9-15(10-8-14)27-17(20)21;/h7-10,16-17,26H,6,11-13H2,1-5H3,(H2,22,23,24);1H. The van der Waals surface area contributed by atoms with Crippen LogP contribution in [0.3, 0.4) is 0 Å². The van der Waals surface area contributed by atoms with Gasteiger partial charge in [-0.25, -0.2) is 0 Å². The molecule has 1 aromatic carbocycles. The Balaban J connectivity index is 0.00000729. The molecular weight excluding hydrogens is 481 g/mol. The van der Waals surface area contributed by atoms with Crippen molar-refractivity contribution in [1.29, 1.82) is 0 Å². The maximum atomic E-state index is 12.2. The van der Waals surface area contributed by atoms with Gasteiger partial charge in [-0.3, -0.25) is 4.99 Å². The maximum Gasteiger partial charge on any atom is 0.387 e. The minimum atomic E-state index is -2.86. The summed E-state index contributed by atoms with van der Waals surface area (Å²) in [6.45, 7) is 5.90. The molecule has 0 saturated carbocycles. The van der Waals surface area contributed by atoms with E-state index >= 15 is 0 Å². The molecule has 0 aliphatic carbocycles. The smallest absolute Gasteiger partial charge is 0.387 e. The lowest BCUT2D eigenvalue weighted by Gasteiger charge is -2.27. The van der Waals surface area contributed by atoms with Crippen LogP contribution in [-0.2, 0) is 0 Å². The van der Waals surface area contributed by atoms with Gasteiger partial charge in [0.1, 0.15) is 5.75 Å². The first kappa shape index (κ1) is 26.8. The fourth-order valence-electron chi connectivity index (χ4n) is 2.72. The van der Waals surface area contributed by atoms with Crippen LogP contribution in [0.4, 0.5) is 8.78 Å². The van der Waals surface area contributed by atoms with Gasteiger partial charge in [-0.05, 0) is 44.1 Å². The van der Waals surface area contributed by atoms with E-state index in [2.05, 4.69) is 39.1 Å². The number of rotatable bonds is 10. The van der Waals surface area contributed by atoms with Crippen LogP contribution in [0, 0.1) is 5.41 Å². The summed E-state index contributed by atoms with van der Waals surface area (Å²) < 4.78 is 28.7. The number of benzene rings is 1. The zero-order valence-electron chi connectivity index (χ0n) is 17.2. The Morgan fingerprint density at radius 2 is 1.82 bits per heavy atom. The Morgan fingerprint density at radius 3 is 2.32 bits per heavy atom. The Morgan fingerprint density at radius 1 is 1.21 bits per heavy atom. The van der Waals surface area contributed by atoms with Crippen molar-refractivity contribution >= 4 is 29.9 Å². The zero-order chi connectivity index (χ0) is 20.4. The molecule has 0 amide bonds. The van der Waals surface area contributed by atoms with Crippen LogP contribution in [0.25, 0.3) is 0 Å². The number of halogens is 3. The number of hydrogen-bond donors (Lipinski definition) is 3. The molecular formula is C19H33F2IN4O2. The molecule has 0 spiro atoms. The minimum absolute atomic E-state index is 0. The number of aliphatic imine (C=N–C) groups is 1. The average molecular weight is 514 g/mol. The third-order valence-corrected chi connectivity index (χ3v) is 3.71. The number of nitrogens with zero attached hydrogens (tertiary/aromatic N) is 2. The third kappa shape index (κ3) is 11.0. The molecule has 1 atom stereocenters. The number of alkyl halides is 2. The minimum Gasteiger partial charge on any atom is -0.435 e. The summed E-state index contributed by atoms with van der Waals surface area (Å²) in [6.07, 6.45) is -0.802. The van der Waals surface area contributed by atoms with Crippen molar-refractivity contribution in [3.8, 4) is 5.75 Å². The summed E-state index contributed by atoms with van der Waals surface area (Å²) in [6, 6.07) is 5.95. The van der Waals surface area contributed by atoms with Crippen molar-refractivity contribution in [2.75, 3.05) is 40.3 Å². The molecule has 0 bridgehead atoms. The van der Waals surface area contributed by atoms with E-state index in [1.807, 2.05) is 21.0 Å². The van der Waals surface area contributed by atoms with E-state index in [0.717, 1.165) is 6.54 Å². The summed E-state index contributed by atoms with van der Waals surface area (Å²) in [5.74, 6) is 0.688. The third-order valence-electron chi connectivity index (χ3n) is 3.71. The number of aliphatic hydroxyl groups excluding tert-OH is 1. The molecule has 1 rings (SSSR count). The predicted molar refractivity (Wildman–Crippen MR) is 120 cm³/mol. The molecule has 0 heterocycles. The van der Waals surface area contributed by atoms with Crippen LogP contribution in [0.5, 0.6) is 5.75 Å². The summed E-state index contributed by atoms with van der Waals surface area (Å²) in [5, 5.41) is 16.6. The number of aliphatic hydroxyl groups is 1. The average Bonchev–Trinajstić information content (AvgIpc) is 2.56. The normalized spacial score (nSPS) is 13.3. The zero-order valence-corrected chi connectivity index (χ0v) is 19.5. The lowest BCUT2D eigenvalue weighted by Crippen LogP contribution is -2.40. The number of guanidine groups is 1. The summed E-state index contributed by atoms with van der Waals surface area (Å²) in [5.41, 5.74) is 0.623. The van der Waals surface area contributed by atoms with E-state index in [9.17, 15) is 13.9 Å². The van der Waals surface area contributed by atoms with Crippen LogP contribution in [-0.4, -0.2) is 62.9 Å². The van der Waals surface area contributed by atoms with Gasteiger partial charge in [0.15, 0.2) is 5.96 Å². The predicted octanol–water partition coefficient (Wildman–Crippen LogP) is 3.08. The number of ether oxygens (including phenoxy) is 1. The lowest BCUT2D eigenvalue weighted by atomic mass is 9.93. The van der Waals surface area contributed by atoms with E-state index in [1.165, 1.54) is 12.1 Å². The second kappa shape index (κ2) is 13.1. The molecule has 0 aliphatic rings. The van der Waals surface area contributed by atoms with Crippen LogP contribution in [0.15, 0.2) is 29.3 Å². The van der Waals surface area contributed by atoms with Gasteiger partial charge in [-0.1, -0.05) is 26.0 Å². The van der Waals surface area contributed by atoms with Crippen LogP contribution in [0.1, 0.15) is 32.4 Å². The van der Waals surface area contributed by atoms with Gasteiger partial charge in [0, 0.05) is 26.2 Å². The molecule has 0 aromatic heterocycles. The van der Waals surface area contributed by atoms with E-state index in [0.29, 0.717) is 24.6 Å². The Kier molecular flexibility index (Phi) is 12.5. The summed E-state index contributed by atoms with van der Waals surface area (Å²) in [7, 11) is 4.06. The van der Waals surface area contributed by atoms with Crippen molar-refractivity contribution in [3.05, 3.63) is 29.8 Å². The second-order valence-corrected chi connectivity index (χ2v) is 7.44. The van der Waals surface area contributed by atoms with E-state index in [-0.39, 0.29) is 41.7 Å². The molecule has 1 unspecified atom stereocenters. The topological polar surface area (TPSA) is 69.1 Å². The molecule has 1 aromatic rings. The van der Waals surface area contributed by atoms with E-state index < -0.39 is 12.7 Å². The molecule has 9 heteroatoms. The first-order valence-corrected chi connectivity index (χ1v) is 9.02. The highest BCUT2D eigenvalue weighted by atomic mass is 127. The van der Waals surface area contributed by atoms with Gasteiger partial charge in [-0.15, -0.1) is 24.0 Å². The SMILES string of the molecule is CCNC(=NCC(C)(C)CN(C)C)NCC(O)c1ccc(OC(F)F)cc1.I. The molecule has 0 saturated heterocycles. The fraction of sp³-hybridized carbons (Fsp3) is 0.632.